The first-order chi connectivity index (χ1) is 9.51. The lowest BCUT2D eigenvalue weighted by Crippen LogP contribution is -2.22. The Bertz CT molecular complexity index is 593. The van der Waals surface area contributed by atoms with E-state index in [1.165, 1.54) is 6.07 Å². The van der Waals surface area contributed by atoms with Gasteiger partial charge in [0, 0.05) is 10.0 Å². The van der Waals surface area contributed by atoms with Gasteiger partial charge in [0.05, 0.1) is 6.04 Å². The first-order valence-corrected chi connectivity index (χ1v) is 7.22. The van der Waals surface area contributed by atoms with Crippen LogP contribution < -0.4 is 5.32 Å². The molecule has 0 aliphatic carbocycles. The summed E-state index contributed by atoms with van der Waals surface area (Å²) in [5, 5.41) is 4.56. The third kappa shape index (κ3) is 3.51. The maximum atomic E-state index is 13.4. The number of benzene rings is 2. The molecule has 106 valence electrons. The number of rotatable bonds is 4. The van der Waals surface area contributed by atoms with Crippen LogP contribution in [0.1, 0.15) is 29.7 Å². The molecule has 0 aliphatic rings. The SMILES string of the molecule is CCNC(c1cc(Cl)cc(Cl)c1)c1ccc(F)c(C)c1. The molecule has 0 fully saturated rings. The van der Waals surface area contributed by atoms with E-state index < -0.39 is 0 Å². The fourth-order valence-electron chi connectivity index (χ4n) is 2.22. The highest BCUT2D eigenvalue weighted by molar-refractivity contribution is 6.34. The molecule has 1 N–H and O–H groups in total. The van der Waals surface area contributed by atoms with Gasteiger partial charge in [0.15, 0.2) is 0 Å². The maximum absolute atomic E-state index is 13.4. The zero-order chi connectivity index (χ0) is 14.7. The molecule has 1 unspecified atom stereocenters. The summed E-state index contributed by atoms with van der Waals surface area (Å²) < 4.78 is 13.4. The predicted molar refractivity (Wildman–Crippen MR) is 83.1 cm³/mol. The molecule has 4 heteroatoms. The molecule has 0 saturated carbocycles. The van der Waals surface area contributed by atoms with E-state index in [1.807, 2.05) is 25.1 Å². The number of nitrogens with one attached hydrogen (secondary N) is 1. The molecule has 2 aromatic carbocycles. The highest BCUT2D eigenvalue weighted by Gasteiger charge is 2.15. The molecule has 0 saturated heterocycles. The van der Waals surface area contributed by atoms with Gasteiger partial charge in [0.1, 0.15) is 5.82 Å². The van der Waals surface area contributed by atoms with Crippen molar-refractivity contribution in [2.75, 3.05) is 6.54 Å². The van der Waals surface area contributed by atoms with Crippen molar-refractivity contribution in [1.82, 2.24) is 5.32 Å². The Hall–Kier alpha value is -1.09. The van der Waals surface area contributed by atoms with Crippen LogP contribution >= 0.6 is 23.2 Å². The van der Waals surface area contributed by atoms with E-state index in [9.17, 15) is 4.39 Å². The first-order valence-electron chi connectivity index (χ1n) is 6.46. The molecule has 0 heterocycles. The molecule has 0 amide bonds. The lowest BCUT2D eigenvalue weighted by atomic mass is 9.97. The molecule has 20 heavy (non-hydrogen) atoms. The summed E-state index contributed by atoms with van der Waals surface area (Å²) in [6.45, 7) is 4.56. The van der Waals surface area contributed by atoms with Gasteiger partial charge in [0.25, 0.3) is 0 Å². The second kappa shape index (κ2) is 6.57. The highest BCUT2D eigenvalue weighted by Crippen LogP contribution is 2.28. The van der Waals surface area contributed by atoms with Crippen LogP contribution in [0, 0.1) is 12.7 Å². The Kier molecular flexibility index (Phi) is 5.03. The van der Waals surface area contributed by atoms with Gasteiger partial charge in [-0.05, 0) is 54.4 Å². The van der Waals surface area contributed by atoms with E-state index in [0.29, 0.717) is 15.6 Å². The van der Waals surface area contributed by atoms with Gasteiger partial charge >= 0.3 is 0 Å². The van der Waals surface area contributed by atoms with Crippen LogP contribution in [0.25, 0.3) is 0 Å². The van der Waals surface area contributed by atoms with Gasteiger partial charge in [-0.2, -0.15) is 0 Å². The van der Waals surface area contributed by atoms with E-state index in [4.69, 9.17) is 23.2 Å². The zero-order valence-corrected chi connectivity index (χ0v) is 12.9. The zero-order valence-electron chi connectivity index (χ0n) is 11.4. The van der Waals surface area contributed by atoms with Crippen LogP contribution in [0.5, 0.6) is 0 Å². The Morgan fingerprint density at radius 2 is 1.70 bits per heavy atom. The quantitative estimate of drug-likeness (QED) is 0.824. The number of hydrogen-bond donors (Lipinski definition) is 1. The molecule has 2 rings (SSSR count). The minimum Gasteiger partial charge on any atom is -0.307 e. The molecule has 0 bridgehead atoms. The Labute approximate surface area is 128 Å². The summed E-state index contributed by atoms with van der Waals surface area (Å²) in [6, 6.07) is 10.5. The fourth-order valence-corrected chi connectivity index (χ4v) is 2.76. The molecule has 1 nitrogen and oxygen atoms in total. The molecule has 1 atom stereocenters. The first kappa shape index (κ1) is 15.3. The molecular weight excluding hydrogens is 296 g/mol. The summed E-state index contributed by atoms with van der Waals surface area (Å²) in [6.07, 6.45) is 0. The minimum atomic E-state index is -0.201. The minimum absolute atomic E-state index is 0.0597. The van der Waals surface area contributed by atoms with Crippen LogP contribution in [-0.4, -0.2) is 6.54 Å². The summed E-state index contributed by atoms with van der Waals surface area (Å²) in [7, 11) is 0. The lowest BCUT2D eigenvalue weighted by Gasteiger charge is -2.20. The Balaban J connectivity index is 2.46. The predicted octanol–water partition coefficient (Wildman–Crippen LogP) is 5.14. The summed E-state index contributed by atoms with van der Waals surface area (Å²) >= 11 is 12.1. The second-order valence-corrected chi connectivity index (χ2v) is 5.57. The third-order valence-corrected chi connectivity index (χ3v) is 3.58. The summed E-state index contributed by atoms with van der Waals surface area (Å²) in [4.78, 5) is 0. The van der Waals surface area contributed by atoms with Crippen LogP contribution in [0.4, 0.5) is 4.39 Å². The van der Waals surface area contributed by atoms with Crippen molar-refractivity contribution >= 4 is 23.2 Å². The van der Waals surface area contributed by atoms with Crippen molar-refractivity contribution in [3.63, 3.8) is 0 Å². The lowest BCUT2D eigenvalue weighted by molar-refractivity contribution is 0.606. The average Bonchev–Trinajstić information content (AvgIpc) is 2.38. The normalized spacial score (nSPS) is 12.4. The molecule has 0 aliphatic heterocycles. The number of aryl methyl sites for hydroxylation is 1. The van der Waals surface area contributed by atoms with Crippen molar-refractivity contribution < 1.29 is 4.39 Å². The van der Waals surface area contributed by atoms with Gasteiger partial charge in [-0.3, -0.25) is 0 Å². The van der Waals surface area contributed by atoms with Crippen molar-refractivity contribution in [3.8, 4) is 0 Å². The van der Waals surface area contributed by atoms with Crippen molar-refractivity contribution in [2.45, 2.75) is 19.9 Å². The van der Waals surface area contributed by atoms with E-state index in [0.717, 1.165) is 17.7 Å². The van der Waals surface area contributed by atoms with E-state index >= 15 is 0 Å². The molecule has 0 radical (unpaired) electrons. The second-order valence-electron chi connectivity index (χ2n) is 4.70. The van der Waals surface area contributed by atoms with Crippen LogP contribution in [0.15, 0.2) is 36.4 Å². The van der Waals surface area contributed by atoms with Gasteiger partial charge in [-0.15, -0.1) is 0 Å². The van der Waals surface area contributed by atoms with E-state index in [-0.39, 0.29) is 11.9 Å². The van der Waals surface area contributed by atoms with Crippen molar-refractivity contribution in [2.24, 2.45) is 0 Å². The van der Waals surface area contributed by atoms with Crippen LogP contribution in [0.3, 0.4) is 0 Å². The average molecular weight is 312 g/mol. The molecule has 0 aromatic heterocycles. The fraction of sp³-hybridized carbons (Fsp3) is 0.250. The molecule has 0 spiro atoms. The topological polar surface area (TPSA) is 12.0 Å². The number of halogens is 3. The van der Waals surface area contributed by atoms with Crippen LogP contribution in [-0.2, 0) is 0 Å². The third-order valence-electron chi connectivity index (χ3n) is 3.14. The summed E-state index contributed by atoms with van der Waals surface area (Å²) in [5.74, 6) is -0.201. The van der Waals surface area contributed by atoms with Gasteiger partial charge in [-0.25, -0.2) is 4.39 Å². The van der Waals surface area contributed by atoms with E-state index in [1.54, 1.807) is 19.1 Å². The Morgan fingerprint density at radius 3 is 2.25 bits per heavy atom. The van der Waals surface area contributed by atoms with Gasteiger partial charge < -0.3 is 5.32 Å². The Morgan fingerprint density at radius 1 is 1.05 bits per heavy atom. The van der Waals surface area contributed by atoms with Crippen molar-refractivity contribution in [3.05, 3.63) is 69.0 Å². The maximum Gasteiger partial charge on any atom is 0.126 e. The summed E-state index contributed by atoms with van der Waals surface area (Å²) in [5.41, 5.74) is 2.58. The monoisotopic (exact) mass is 311 g/mol. The van der Waals surface area contributed by atoms with Gasteiger partial charge in [0.2, 0.25) is 0 Å². The smallest absolute Gasteiger partial charge is 0.126 e. The van der Waals surface area contributed by atoms with Crippen molar-refractivity contribution in [1.29, 1.82) is 0 Å². The largest absolute Gasteiger partial charge is 0.307 e. The van der Waals surface area contributed by atoms with Gasteiger partial charge in [-0.1, -0.05) is 42.3 Å². The van der Waals surface area contributed by atoms with E-state index in [2.05, 4.69) is 5.32 Å². The highest BCUT2D eigenvalue weighted by atomic mass is 35.5. The standard InChI is InChI=1S/C16H16Cl2FN/c1-3-20-16(11-4-5-15(19)10(2)6-11)12-7-13(17)9-14(18)8-12/h4-9,16,20H,3H2,1-2H3. The molecule has 2 aromatic rings. The molecular formula is C16H16Cl2FN. The number of hydrogen-bond acceptors (Lipinski definition) is 1. The van der Waals surface area contributed by atoms with Crippen LogP contribution in [0.2, 0.25) is 10.0 Å².